The number of methoxy groups -OCH3 is 2. The van der Waals surface area contributed by atoms with Gasteiger partial charge >= 0.3 is 5.97 Å². The smallest absolute Gasteiger partial charge is 0.357 e. The second kappa shape index (κ2) is 9.20. The third-order valence-corrected chi connectivity index (χ3v) is 4.33. The average molecular weight is 400 g/mol. The van der Waals surface area contributed by atoms with Crippen LogP contribution in [0.2, 0.25) is 0 Å². The van der Waals surface area contributed by atoms with Gasteiger partial charge in [0.2, 0.25) is 5.89 Å². The van der Waals surface area contributed by atoms with Crippen LogP contribution in [0.15, 0.2) is 53.1 Å². The minimum Gasteiger partial charge on any atom is -0.493 e. The van der Waals surface area contributed by atoms with Gasteiger partial charge in [-0.05, 0) is 23.8 Å². The third-order valence-electron chi connectivity index (χ3n) is 4.33. The molecule has 0 aliphatic rings. The lowest BCUT2D eigenvalue weighted by Crippen LogP contribution is -2.23. The number of hydrogen-bond donors (Lipinski definition) is 1. The van der Waals surface area contributed by atoms with Gasteiger partial charge in [-0.2, -0.15) is 0 Å². The van der Waals surface area contributed by atoms with Crippen LogP contribution >= 0.6 is 0 Å². The lowest BCUT2D eigenvalue weighted by atomic mass is 10.1. The molecule has 0 radical (unpaired) electrons. The van der Waals surface area contributed by atoms with Crippen LogP contribution < -0.4 is 9.47 Å². The lowest BCUT2D eigenvalue weighted by molar-refractivity contribution is 0.0690. The number of carbonyl (C=O) groups is 1. The van der Waals surface area contributed by atoms with Gasteiger partial charge in [0.1, 0.15) is 12.1 Å². The lowest BCUT2D eigenvalue weighted by Gasteiger charge is -2.23. The molecule has 1 heterocycles. The van der Waals surface area contributed by atoms with Crippen molar-refractivity contribution < 1.29 is 28.2 Å². The summed E-state index contributed by atoms with van der Waals surface area (Å²) in [6.07, 6.45) is 1.11. The van der Waals surface area contributed by atoms with Crippen LogP contribution in [-0.4, -0.2) is 35.2 Å². The van der Waals surface area contributed by atoms with E-state index in [-0.39, 0.29) is 23.9 Å². The number of aromatic nitrogens is 1. The van der Waals surface area contributed by atoms with Crippen molar-refractivity contribution in [1.29, 1.82) is 0 Å². The quantitative estimate of drug-likeness (QED) is 0.586. The predicted molar refractivity (Wildman–Crippen MR) is 102 cm³/mol. The number of benzene rings is 2. The molecule has 1 aromatic heterocycles. The number of aromatic carboxylic acids is 1. The highest BCUT2D eigenvalue weighted by atomic mass is 19.1. The molecular formula is C21H21FN2O5. The van der Waals surface area contributed by atoms with Crippen molar-refractivity contribution in [3.05, 3.63) is 77.3 Å². The largest absolute Gasteiger partial charge is 0.493 e. The van der Waals surface area contributed by atoms with Gasteiger partial charge in [-0.25, -0.2) is 14.2 Å². The Balaban J connectivity index is 1.87. The maximum Gasteiger partial charge on any atom is 0.357 e. The molecule has 3 aromatic rings. The minimum atomic E-state index is -1.15. The summed E-state index contributed by atoms with van der Waals surface area (Å²) in [7, 11) is 3.14. The van der Waals surface area contributed by atoms with Crippen molar-refractivity contribution in [2.75, 3.05) is 14.2 Å². The van der Waals surface area contributed by atoms with E-state index in [9.17, 15) is 9.18 Å². The SMILES string of the molecule is COc1cccc(CN(Cc2ccc(F)cc2)Cc2nc(C(=O)O)co2)c1OC. The second-order valence-electron chi connectivity index (χ2n) is 6.36. The highest BCUT2D eigenvalue weighted by Crippen LogP contribution is 2.32. The Morgan fingerprint density at radius 2 is 1.86 bits per heavy atom. The van der Waals surface area contributed by atoms with E-state index in [1.165, 1.54) is 12.1 Å². The van der Waals surface area contributed by atoms with Crippen LogP contribution in [0.4, 0.5) is 4.39 Å². The van der Waals surface area contributed by atoms with Gasteiger partial charge in [-0.3, -0.25) is 4.90 Å². The van der Waals surface area contributed by atoms with Crippen LogP contribution in [0.1, 0.15) is 27.5 Å². The van der Waals surface area contributed by atoms with Gasteiger partial charge < -0.3 is 19.0 Å². The number of halogens is 1. The van der Waals surface area contributed by atoms with E-state index >= 15 is 0 Å². The van der Waals surface area contributed by atoms with Crippen molar-refractivity contribution in [3.63, 3.8) is 0 Å². The zero-order valence-electron chi connectivity index (χ0n) is 16.1. The van der Waals surface area contributed by atoms with Crippen LogP contribution in [0.5, 0.6) is 11.5 Å². The summed E-state index contributed by atoms with van der Waals surface area (Å²) in [5, 5.41) is 9.05. The first kappa shape index (κ1) is 20.3. The van der Waals surface area contributed by atoms with Crippen molar-refractivity contribution in [1.82, 2.24) is 9.88 Å². The fourth-order valence-corrected chi connectivity index (χ4v) is 3.01. The minimum absolute atomic E-state index is 0.152. The van der Waals surface area contributed by atoms with Crippen molar-refractivity contribution in [2.24, 2.45) is 0 Å². The number of ether oxygens (including phenoxy) is 2. The average Bonchev–Trinajstić information content (AvgIpc) is 3.18. The Labute approximate surface area is 167 Å². The monoisotopic (exact) mass is 400 g/mol. The Bertz CT molecular complexity index is 971. The van der Waals surface area contributed by atoms with E-state index in [4.69, 9.17) is 19.0 Å². The Kier molecular flexibility index (Phi) is 6.46. The van der Waals surface area contributed by atoms with Crippen LogP contribution in [0.25, 0.3) is 0 Å². The van der Waals surface area contributed by atoms with Crippen molar-refractivity contribution >= 4 is 5.97 Å². The molecule has 1 N–H and O–H groups in total. The molecule has 8 heteroatoms. The first-order valence-electron chi connectivity index (χ1n) is 8.84. The Morgan fingerprint density at radius 1 is 1.10 bits per heavy atom. The predicted octanol–water partition coefficient (Wildman–Crippen LogP) is 3.73. The van der Waals surface area contributed by atoms with E-state index < -0.39 is 5.97 Å². The van der Waals surface area contributed by atoms with Gasteiger partial charge in [0.15, 0.2) is 17.2 Å². The summed E-state index contributed by atoms with van der Waals surface area (Å²) in [5.41, 5.74) is 1.61. The standard InChI is InChI=1S/C21H21FN2O5/c1-27-18-5-3-4-15(20(18)28-2)11-24(10-14-6-8-16(22)9-7-14)12-19-23-17(13-29-19)21(25)26/h3-9,13H,10-12H2,1-2H3,(H,25,26). The van der Waals surface area contributed by atoms with Crippen LogP contribution in [0.3, 0.4) is 0 Å². The molecule has 0 aliphatic heterocycles. The molecule has 0 aliphatic carbocycles. The molecule has 0 saturated carbocycles. The maximum absolute atomic E-state index is 13.3. The van der Waals surface area contributed by atoms with Crippen LogP contribution in [-0.2, 0) is 19.6 Å². The molecule has 29 heavy (non-hydrogen) atoms. The maximum atomic E-state index is 13.3. The normalized spacial score (nSPS) is 10.9. The molecule has 7 nitrogen and oxygen atoms in total. The number of oxazole rings is 1. The van der Waals surface area contributed by atoms with E-state index in [0.717, 1.165) is 17.4 Å². The van der Waals surface area contributed by atoms with Gasteiger partial charge in [0, 0.05) is 18.7 Å². The van der Waals surface area contributed by atoms with E-state index in [1.807, 2.05) is 17.0 Å². The summed E-state index contributed by atoms with van der Waals surface area (Å²) < 4.78 is 29.4. The molecule has 0 atom stereocenters. The highest BCUT2D eigenvalue weighted by molar-refractivity contribution is 5.84. The zero-order chi connectivity index (χ0) is 20.8. The molecule has 2 aromatic carbocycles. The Hall–Kier alpha value is -3.39. The summed E-state index contributed by atoms with van der Waals surface area (Å²) in [4.78, 5) is 17.1. The van der Waals surface area contributed by atoms with Gasteiger partial charge in [-0.1, -0.05) is 24.3 Å². The molecule has 0 fully saturated rings. The summed E-state index contributed by atoms with van der Waals surface area (Å²) in [6, 6.07) is 11.8. The molecule has 0 unspecified atom stereocenters. The van der Waals surface area contributed by atoms with Crippen molar-refractivity contribution in [2.45, 2.75) is 19.6 Å². The summed E-state index contributed by atoms with van der Waals surface area (Å²) >= 11 is 0. The fraction of sp³-hybridized carbons (Fsp3) is 0.238. The summed E-state index contributed by atoms with van der Waals surface area (Å²) in [5.74, 6) is 0.0215. The molecule has 3 rings (SSSR count). The topological polar surface area (TPSA) is 85.0 Å². The number of carboxylic acid groups (broad SMARTS) is 1. The van der Waals surface area contributed by atoms with Crippen LogP contribution in [0, 0.1) is 5.82 Å². The molecular weight excluding hydrogens is 379 g/mol. The number of rotatable bonds is 9. The number of para-hydroxylation sites is 1. The first-order chi connectivity index (χ1) is 14.0. The third kappa shape index (κ3) is 5.11. The fourth-order valence-electron chi connectivity index (χ4n) is 3.01. The molecule has 0 saturated heterocycles. The van der Waals surface area contributed by atoms with E-state index in [2.05, 4.69) is 4.98 Å². The molecule has 0 amide bonds. The van der Waals surface area contributed by atoms with E-state index in [1.54, 1.807) is 32.4 Å². The van der Waals surface area contributed by atoms with Gasteiger partial charge in [-0.15, -0.1) is 0 Å². The molecule has 0 bridgehead atoms. The number of carboxylic acids is 1. The van der Waals surface area contributed by atoms with Gasteiger partial charge in [0.05, 0.1) is 20.8 Å². The summed E-state index contributed by atoms with van der Waals surface area (Å²) in [6.45, 7) is 1.17. The molecule has 152 valence electrons. The van der Waals surface area contributed by atoms with Gasteiger partial charge in [0.25, 0.3) is 0 Å². The second-order valence-corrected chi connectivity index (χ2v) is 6.36. The number of hydrogen-bond acceptors (Lipinski definition) is 6. The van der Waals surface area contributed by atoms with Crippen molar-refractivity contribution in [3.8, 4) is 11.5 Å². The molecule has 0 spiro atoms. The highest BCUT2D eigenvalue weighted by Gasteiger charge is 2.18. The number of nitrogens with zero attached hydrogens (tertiary/aromatic N) is 2. The Morgan fingerprint density at radius 3 is 2.48 bits per heavy atom. The van der Waals surface area contributed by atoms with E-state index in [0.29, 0.717) is 24.6 Å². The first-order valence-corrected chi connectivity index (χ1v) is 8.84. The zero-order valence-corrected chi connectivity index (χ0v) is 16.1.